The molecule has 2 heterocycles. The van der Waals surface area contributed by atoms with Crippen LogP contribution in [0.1, 0.15) is 32.6 Å². The first-order chi connectivity index (χ1) is 9.20. The summed E-state index contributed by atoms with van der Waals surface area (Å²) in [6.45, 7) is 5.67. The van der Waals surface area contributed by atoms with Gasteiger partial charge in [-0.3, -0.25) is 4.79 Å². The van der Waals surface area contributed by atoms with Gasteiger partial charge in [-0.1, -0.05) is 0 Å². The number of ether oxygens (including phenoxy) is 2. The van der Waals surface area contributed by atoms with E-state index in [1.807, 2.05) is 11.8 Å². The largest absolute Gasteiger partial charge is 0.378 e. The molecule has 2 fully saturated rings. The minimum Gasteiger partial charge on any atom is -0.378 e. The van der Waals surface area contributed by atoms with Crippen molar-refractivity contribution in [3.63, 3.8) is 0 Å². The molecule has 5 heteroatoms. The van der Waals surface area contributed by atoms with E-state index in [2.05, 4.69) is 0 Å². The molecule has 0 aromatic rings. The van der Waals surface area contributed by atoms with E-state index in [4.69, 9.17) is 15.2 Å². The molecule has 110 valence electrons. The Hall–Kier alpha value is -0.650. The van der Waals surface area contributed by atoms with Crippen LogP contribution >= 0.6 is 0 Å². The Morgan fingerprint density at radius 3 is 2.74 bits per heavy atom. The van der Waals surface area contributed by atoms with E-state index in [0.29, 0.717) is 19.3 Å². The average Bonchev–Trinajstić information content (AvgIpc) is 2.86. The van der Waals surface area contributed by atoms with Crippen molar-refractivity contribution in [2.45, 2.75) is 44.8 Å². The predicted molar refractivity (Wildman–Crippen MR) is 72.7 cm³/mol. The van der Waals surface area contributed by atoms with E-state index < -0.39 is 0 Å². The summed E-state index contributed by atoms with van der Waals surface area (Å²) >= 11 is 0. The molecule has 0 aromatic heterocycles. The molecule has 2 aliphatic rings. The third kappa shape index (κ3) is 4.16. The summed E-state index contributed by atoms with van der Waals surface area (Å²) in [5, 5.41) is 0. The number of carbonyl (C=O) groups excluding carboxylic acids is 1. The summed E-state index contributed by atoms with van der Waals surface area (Å²) in [6.07, 6.45) is 4.20. The van der Waals surface area contributed by atoms with Crippen molar-refractivity contribution in [2.75, 3.05) is 32.8 Å². The number of hydrogen-bond acceptors (Lipinski definition) is 4. The van der Waals surface area contributed by atoms with Crippen LogP contribution < -0.4 is 5.73 Å². The Labute approximate surface area is 115 Å². The second kappa shape index (κ2) is 7.22. The first-order valence-electron chi connectivity index (χ1n) is 7.42. The maximum atomic E-state index is 12.3. The molecule has 2 unspecified atom stereocenters. The van der Waals surface area contributed by atoms with Crippen molar-refractivity contribution < 1.29 is 14.3 Å². The number of amides is 1. The minimum absolute atomic E-state index is 0.0738. The Morgan fingerprint density at radius 2 is 2.16 bits per heavy atom. The van der Waals surface area contributed by atoms with Gasteiger partial charge in [-0.2, -0.15) is 0 Å². The van der Waals surface area contributed by atoms with Gasteiger partial charge in [0.1, 0.15) is 0 Å². The summed E-state index contributed by atoms with van der Waals surface area (Å²) in [6, 6.07) is 0. The zero-order valence-electron chi connectivity index (χ0n) is 11.8. The average molecular weight is 270 g/mol. The predicted octanol–water partition coefficient (Wildman–Crippen LogP) is 0.768. The number of rotatable bonds is 5. The molecule has 5 nitrogen and oxygen atoms in total. The van der Waals surface area contributed by atoms with Crippen LogP contribution in [0.15, 0.2) is 0 Å². The van der Waals surface area contributed by atoms with E-state index in [0.717, 1.165) is 45.4 Å². The number of likely N-dealkylation sites (tertiary alicyclic amines) is 1. The molecule has 2 saturated heterocycles. The lowest BCUT2D eigenvalue weighted by Crippen LogP contribution is -2.44. The molecule has 2 atom stereocenters. The molecule has 2 N–H and O–H groups in total. The number of nitrogens with zero attached hydrogens (tertiary/aromatic N) is 1. The quantitative estimate of drug-likeness (QED) is 0.749. The lowest BCUT2D eigenvalue weighted by molar-refractivity contribution is -0.138. The second-order valence-electron chi connectivity index (χ2n) is 5.61. The van der Waals surface area contributed by atoms with Crippen LogP contribution in [0.3, 0.4) is 0 Å². The van der Waals surface area contributed by atoms with Crippen molar-refractivity contribution >= 4 is 5.91 Å². The van der Waals surface area contributed by atoms with E-state index in [1.165, 1.54) is 0 Å². The minimum atomic E-state index is 0.0738. The molecular formula is C14H26N2O3. The Kier molecular flexibility index (Phi) is 5.60. The molecule has 0 aliphatic carbocycles. The lowest BCUT2D eigenvalue weighted by atomic mass is 10.0. The van der Waals surface area contributed by atoms with Crippen LogP contribution in [0.25, 0.3) is 0 Å². The normalized spacial score (nSPS) is 28.8. The fraction of sp³-hybridized carbons (Fsp3) is 0.929. The van der Waals surface area contributed by atoms with Crippen molar-refractivity contribution in [2.24, 2.45) is 11.7 Å². The van der Waals surface area contributed by atoms with Gasteiger partial charge in [0.05, 0.1) is 24.7 Å². The molecule has 0 radical (unpaired) electrons. The smallest absolute Gasteiger partial charge is 0.228 e. The van der Waals surface area contributed by atoms with Crippen LogP contribution in [0, 0.1) is 5.92 Å². The molecule has 0 aromatic carbocycles. The number of nitrogens with two attached hydrogens (primary N) is 1. The molecule has 2 aliphatic heterocycles. The van der Waals surface area contributed by atoms with E-state index in [-0.39, 0.29) is 17.9 Å². The molecule has 0 spiro atoms. The topological polar surface area (TPSA) is 64.8 Å². The molecule has 19 heavy (non-hydrogen) atoms. The summed E-state index contributed by atoms with van der Waals surface area (Å²) in [4.78, 5) is 14.3. The zero-order chi connectivity index (χ0) is 13.7. The highest BCUT2D eigenvalue weighted by atomic mass is 16.5. The Balaban J connectivity index is 1.69. The van der Waals surface area contributed by atoms with Crippen LogP contribution in [-0.2, 0) is 14.3 Å². The van der Waals surface area contributed by atoms with Gasteiger partial charge in [0.2, 0.25) is 5.91 Å². The van der Waals surface area contributed by atoms with Crippen molar-refractivity contribution in [3.05, 3.63) is 0 Å². The number of hydrogen-bond donors (Lipinski definition) is 1. The van der Waals surface area contributed by atoms with Crippen molar-refractivity contribution in [1.29, 1.82) is 0 Å². The van der Waals surface area contributed by atoms with Gasteiger partial charge in [-0.15, -0.1) is 0 Å². The van der Waals surface area contributed by atoms with Crippen molar-refractivity contribution in [1.82, 2.24) is 4.90 Å². The van der Waals surface area contributed by atoms with E-state index in [1.54, 1.807) is 0 Å². The van der Waals surface area contributed by atoms with E-state index in [9.17, 15) is 4.79 Å². The van der Waals surface area contributed by atoms with Gasteiger partial charge in [-0.25, -0.2) is 0 Å². The summed E-state index contributed by atoms with van der Waals surface area (Å²) in [5.41, 5.74) is 5.44. The van der Waals surface area contributed by atoms with Crippen LogP contribution in [0.4, 0.5) is 0 Å². The van der Waals surface area contributed by atoms with E-state index >= 15 is 0 Å². The fourth-order valence-corrected chi connectivity index (χ4v) is 2.82. The van der Waals surface area contributed by atoms with Crippen LogP contribution in [0.2, 0.25) is 0 Å². The monoisotopic (exact) mass is 270 g/mol. The first-order valence-corrected chi connectivity index (χ1v) is 7.42. The standard InChI is InChI=1S/C14H26N2O3/c1-11-9-12(10-19-11)14(17)16-6-3-13(4-7-16)18-8-2-5-15/h11-13H,2-10,15H2,1H3. The SMILES string of the molecule is CC1CC(C(=O)N2CCC(OCCCN)CC2)CO1. The molecule has 0 bridgehead atoms. The van der Waals surface area contributed by atoms with Crippen molar-refractivity contribution in [3.8, 4) is 0 Å². The molecule has 1 amide bonds. The highest BCUT2D eigenvalue weighted by molar-refractivity contribution is 5.79. The van der Waals surface area contributed by atoms with Gasteiger partial charge >= 0.3 is 0 Å². The maximum Gasteiger partial charge on any atom is 0.228 e. The Bertz CT molecular complexity index is 290. The van der Waals surface area contributed by atoms with Crippen LogP contribution in [0.5, 0.6) is 0 Å². The third-order valence-corrected chi connectivity index (χ3v) is 4.00. The first kappa shape index (κ1) is 14.8. The third-order valence-electron chi connectivity index (χ3n) is 4.00. The van der Waals surface area contributed by atoms with Gasteiger partial charge in [0, 0.05) is 19.7 Å². The second-order valence-corrected chi connectivity index (χ2v) is 5.61. The summed E-state index contributed by atoms with van der Waals surface area (Å²) in [5.74, 6) is 0.342. The highest BCUT2D eigenvalue weighted by Gasteiger charge is 2.33. The van der Waals surface area contributed by atoms with Gasteiger partial charge in [-0.05, 0) is 39.2 Å². The number of piperidine rings is 1. The fourth-order valence-electron chi connectivity index (χ4n) is 2.82. The van der Waals surface area contributed by atoms with Gasteiger partial charge in [0.15, 0.2) is 0 Å². The molecular weight excluding hydrogens is 244 g/mol. The van der Waals surface area contributed by atoms with Gasteiger partial charge < -0.3 is 20.1 Å². The highest BCUT2D eigenvalue weighted by Crippen LogP contribution is 2.23. The lowest BCUT2D eigenvalue weighted by Gasteiger charge is -2.33. The molecule has 2 rings (SSSR count). The summed E-state index contributed by atoms with van der Waals surface area (Å²) in [7, 11) is 0. The van der Waals surface area contributed by atoms with Crippen LogP contribution in [-0.4, -0.2) is 55.9 Å². The summed E-state index contributed by atoms with van der Waals surface area (Å²) < 4.78 is 11.2. The molecule has 0 saturated carbocycles. The number of carbonyl (C=O) groups is 1. The Morgan fingerprint density at radius 1 is 1.42 bits per heavy atom. The zero-order valence-corrected chi connectivity index (χ0v) is 11.8. The van der Waals surface area contributed by atoms with Gasteiger partial charge in [0.25, 0.3) is 0 Å². The maximum absolute atomic E-state index is 12.3.